The number of benzene rings is 1. The number of hydrogen-bond acceptors (Lipinski definition) is 6. The van der Waals surface area contributed by atoms with Crippen LogP contribution in [0.25, 0.3) is 0 Å². The smallest absolute Gasteiger partial charge is 0.419 e. The van der Waals surface area contributed by atoms with Crippen molar-refractivity contribution in [2.24, 2.45) is 0 Å². The average Bonchev–Trinajstić information content (AvgIpc) is 3.27. The highest BCUT2D eigenvalue weighted by atomic mass is 19.4. The number of fused-ring (bicyclic) bond motifs is 1. The van der Waals surface area contributed by atoms with Crippen molar-refractivity contribution in [3.8, 4) is 11.5 Å². The molecule has 12 heteroatoms. The lowest BCUT2D eigenvalue weighted by Gasteiger charge is -2.32. The Balaban J connectivity index is 1.67. The third kappa shape index (κ3) is 4.14. The minimum absolute atomic E-state index is 0.0169. The van der Waals surface area contributed by atoms with Crippen LogP contribution in [0.5, 0.6) is 11.5 Å². The quantitative estimate of drug-likeness (QED) is 0.603. The molecule has 0 radical (unpaired) electrons. The minimum atomic E-state index is -4.61. The van der Waals surface area contributed by atoms with Gasteiger partial charge in [0.15, 0.2) is 0 Å². The number of ether oxygens (including phenoxy) is 2. The van der Waals surface area contributed by atoms with Gasteiger partial charge in [-0.3, -0.25) is 19.3 Å². The molecule has 0 bridgehead atoms. The molecule has 1 aliphatic heterocycles. The SMILES string of the molecule is COc1cncc(NC(=O)c2cnn3c2C(=O)N(c2ccc(C(F)(F)F)c(OC)c2)C[C@@H]3C)c1. The molecule has 9 nitrogen and oxygen atoms in total. The Bertz CT molecular complexity index is 1260. The molecule has 0 fully saturated rings. The van der Waals surface area contributed by atoms with Crippen molar-refractivity contribution in [1.82, 2.24) is 14.8 Å². The highest BCUT2D eigenvalue weighted by Gasteiger charge is 2.38. The van der Waals surface area contributed by atoms with Crippen LogP contribution in [-0.4, -0.2) is 47.3 Å². The van der Waals surface area contributed by atoms with Crippen molar-refractivity contribution in [1.29, 1.82) is 0 Å². The monoisotopic (exact) mass is 475 g/mol. The van der Waals surface area contributed by atoms with Gasteiger partial charge in [0.2, 0.25) is 0 Å². The average molecular weight is 475 g/mol. The van der Waals surface area contributed by atoms with E-state index in [1.165, 1.54) is 41.3 Å². The summed E-state index contributed by atoms with van der Waals surface area (Å²) in [5, 5.41) is 6.84. The largest absolute Gasteiger partial charge is 0.496 e. The third-order valence-electron chi connectivity index (χ3n) is 5.36. The first-order chi connectivity index (χ1) is 16.1. The molecule has 1 aromatic carbocycles. The van der Waals surface area contributed by atoms with Crippen LogP contribution >= 0.6 is 0 Å². The molecular formula is C22H20F3N5O4. The molecule has 1 aliphatic rings. The van der Waals surface area contributed by atoms with Crippen LogP contribution < -0.4 is 19.7 Å². The van der Waals surface area contributed by atoms with Crippen LogP contribution in [0.1, 0.15) is 39.4 Å². The Hall–Kier alpha value is -4.09. The topological polar surface area (TPSA) is 98.6 Å². The maximum absolute atomic E-state index is 13.4. The number of amides is 2. The molecule has 2 aromatic heterocycles. The Morgan fingerprint density at radius 1 is 1.15 bits per heavy atom. The molecule has 0 saturated heterocycles. The normalized spacial score (nSPS) is 15.6. The summed E-state index contributed by atoms with van der Waals surface area (Å²) in [6, 6.07) is 4.43. The first-order valence-electron chi connectivity index (χ1n) is 10.1. The number of carbonyl (C=O) groups is 2. The Labute approximate surface area is 192 Å². The van der Waals surface area contributed by atoms with Crippen LogP contribution in [0.3, 0.4) is 0 Å². The van der Waals surface area contributed by atoms with Gasteiger partial charge in [0.1, 0.15) is 17.2 Å². The number of nitrogens with one attached hydrogen (secondary N) is 1. The zero-order chi connectivity index (χ0) is 24.6. The van der Waals surface area contributed by atoms with Crippen LogP contribution in [0.15, 0.2) is 42.9 Å². The van der Waals surface area contributed by atoms with E-state index in [1.807, 2.05) is 0 Å². The van der Waals surface area contributed by atoms with Crippen molar-refractivity contribution in [2.75, 3.05) is 31.0 Å². The molecule has 2 amide bonds. The van der Waals surface area contributed by atoms with Crippen LogP contribution in [0, 0.1) is 0 Å². The van der Waals surface area contributed by atoms with E-state index in [4.69, 9.17) is 9.47 Å². The molecule has 0 spiro atoms. The van der Waals surface area contributed by atoms with E-state index in [2.05, 4.69) is 15.4 Å². The summed E-state index contributed by atoms with van der Waals surface area (Å²) in [6.45, 7) is 1.92. The van der Waals surface area contributed by atoms with Crippen molar-refractivity contribution >= 4 is 23.2 Å². The maximum Gasteiger partial charge on any atom is 0.419 e. The lowest BCUT2D eigenvalue weighted by molar-refractivity contribution is -0.138. The van der Waals surface area contributed by atoms with Gasteiger partial charge in [-0.1, -0.05) is 0 Å². The number of aromatic nitrogens is 3. The van der Waals surface area contributed by atoms with Crippen LogP contribution in [0.2, 0.25) is 0 Å². The maximum atomic E-state index is 13.4. The number of halogens is 3. The minimum Gasteiger partial charge on any atom is -0.496 e. The molecule has 4 rings (SSSR count). The van der Waals surface area contributed by atoms with E-state index in [0.717, 1.165) is 19.2 Å². The van der Waals surface area contributed by atoms with Gasteiger partial charge in [0.25, 0.3) is 11.8 Å². The summed E-state index contributed by atoms with van der Waals surface area (Å²) in [6.07, 6.45) is -0.439. The molecule has 3 heterocycles. The summed E-state index contributed by atoms with van der Waals surface area (Å²) >= 11 is 0. The molecule has 1 atom stereocenters. The first-order valence-corrected chi connectivity index (χ1v) is 10.1. The van der Waals surface area contributed by atoms with Gasteiger partial charge in [-0.2, -0.15) is 18.3 Å². The van der Waals surface area contributed by atoms with Crippen LogP contribution in [0.4, 0.5) is 24.5 Å². The number of rotatable bonds is 5. The third-order valence-corrected chi connectivity index (χ3v) is 5.36. The van der Waals surface area contributed by atoms with Gasteiger partial charge in [-0.15, -0.1) is 0 Å². The molecule has 34 heavy (non-hydrogen) atoms. The Kier molecular flexibility index (Phi) is 5.90. The number of alkyl halides is 3. The number of hydrogen-bond donors (Lipinski definition) is 1. The molecular weight excluding hydrogens is 455 g/mol. The van der Waals surface area contributed by atoms with E-state index in [-0.39, 0.29) is 29.5 Å². The van der Waals surface area contributed by atoms with Gasteiger partial charge < -0.3 is 19.7 Å². The predicted octanol–water partition coefficient (Wildman–Crippen LogP) is 3.79. The summed E-state index contributed by atoms with van der Waals surface area (Å²) in [4.78, 5) is 31.6. The molecule has 3 aromatic rings. The second-order valence-corrected chi connectivity index (χ2v) is 7.57. The summed E-state index contributed by atoms with van der Waals surface area (Å²) < 4.78 is 51.2. The van der Waals surface area contributed by atoms with Crippen molar-refractivity contribution < 1.29 is 32.2 Å². The van der Waals surface area contributed by atoms with E-state index >= 15 is 0 Å². The fraction of sp³-hybridized carbons (Fsp3) is 0.273. The summed E-state index contributed by atoms with van der Waals surface area (Å²) in [5.41, 5.74) is -0.357. The van der Waals surface area contributed by atoms with E-state index < -0.39 is 29.3 Å². The number of methoxy groups -OCH3 is 2. The van der Waals surface area contributed by atoms with Gasteiger partial charge in [0, 0.05) is 24.4 Å². The predicted molar refractivity (Wildman–Crippen MR) is 115 cm³/mol. The fourth-order valence-electron chi connectivity index (χ4n) is 3.73. The molecule has 1 N–H and O–H groups in total. The highest BCUT2D eigenvalue weighted by molar-refractivity contribution is 6.15. The first kappa shape index (κ1) is 23.1. The number of carbonyl (C=O) groups excluding carboxylic acids is 2. The van der Waals surface area contributed by atoms with Crippen LogP contribution in [-0.2, 0) is 6.18 Å². The number of pyridine rings is 1. The lowest BCUT2D eigenvalue weighted by Crippen LogP contribution is -2.43. The van der Waals surface area contributed by atoms with E-state index in [9.17, 15) is 22.8 Å². The molecule has 0 aliphatic carbocycles. The molecule has 178 valence electrons. The highest BCUT2D eigenvalue weighted by Crippen LogP contribution is 2.39. The molecule has 0 saturated carbocycles. The second kappa shape index (κ2) is 8.69. The molecule has 0 unspecified atom stereocenters. The van der Waals surface area contributed by atoms with Crippen molar-refractivity contribution in [2.45, 2.75) is 19.1 Å². The van der Waals surface area contributed by atoms with Gasteiger partial charge in [0.05, 0.1) is 55.7 Å². The number of nitrogens with zero attached hydrogens (tertiary/aromatic N) is 4. The van der Waals surface area contributed by atoms with Gasteiger partial charge >= 0.3 is 6.18 Å². The Morgan fingerprint density at radius 3 is 2.59 bits per heavy atom. The van der Waals surface area contributed by atoms with E-state index in [1.54, 1.807) is 13.0 Å². The standard InChI is InChI=1S/C22H20F3N5O4/c1-12-11-29(14-4-5-17(22(23,24)25)18(7-14)34-3)21(32)19-16(10-27-30(12)19)20(31)28-13-6-15(33-2)9-26-8-13/h4-10,12H,11H2,1-3H3,(H,28,31)/t12-/m0/s1. The zero-order valence-electron chi connectivity index (χ0n) is 18.4. The lowest BCUT2D eigenvalue weighted by atomic mass is 10.1. The summed E-state index contributed by atoms with van der Waals surface area (Å²) in [7, 11) is 2.58. The Morgan fingerprint density at radius 2 is 1.91 bits per heavy atom. The van der Waals surface area contributed by atoms with Gasteiger partial charge in [-0.25, -0.2) is 0 Å². The van der Waals surface area contributed by atoms with E-state index in [0.29, 0.717) is 11.4 Å². The summed E-state index contributed by atoms with van der Waals surface area (Å²) in [5.74, 6) is -1.15. The van der Waals surface area contributed by atoms with Crippen molar-refractivity contribution in [3.63, 3.8) is 0 Å². The number of anilines is 2. The van der Waals surface area contributed by atoms with Gasteiger partial charge in [-0.05, 0) is 19.1 Å². The zero-order valence-corrected chi connectivity index (χ0v) is 18.4. The second-order valence-electron chi connectivity index (χ2n) is 7.57. The fourth-order valence-corrected chi connectivity index (χ4v) is 3.73. The van der Waals surface area contributed by atoms with Crippen molar-refractivity contribution in [3.05, 3.63) is 59.7 Å².